The number of furan rings is 1. The summed E-state index contributed by atoms with van der Waals surface area (Å²) in [7, 11) is 2.93. The van der Waals surface area contributed by atoms with Crippen molar-refractivity contribution in [3.63, 3.8) is 0 Å². The molecule has 1 atom stereocenters. The third kappa shape index (κ3) is 3.39. The molecule has 10 heteroatoms. The molecule has 33 heavy (non-hydrogen) atoms. The highest BCUT2D eigenvalue weighted by molar-refractivity contribution is 6.03. The third-order valence-electron chi connectivity index (χ3n) is 5.95. The Morgan fingerprint density at radius 1 is 1.12 bits per heavy atom. The fourth-order valence-electron chi connectivity index (χ4n) is 4.10. The lowest BCUT2D eigenvalue weighted by Crippen LogP contribution is -2.38. The number of aromatic nitrogens is 4. The third-order valence-corrected chi connectivity index (χ3v) is 5.95. The minimum atomic E-state index is -0.508. The quantitative estimate of drug-likeness (QED) is 0.474. The molecule has 1 aliphatic rings. The van der Waals surface area contributed by atoms with Gasteiger partial charge in [-0.3, -0.25) is 18.7 Å². The highest BCUT2D eigenvalue weighted by atomic mass is 16.3. The van der Waals surface area contributed by atoms with Crippen LogP contribution < -0.4 is 11.2 Å². The van der Waals surface area contributed by atoms with Gasteiger partial charge in [-0.25, -0.2) is 14.8 Å². The molecule has 4 aromatic rings. The summed E-state index contributed by atoms with van der Waals surface area (Å²) >= 11 is 0. The summed E-state index contributed by atoms with van der Waals surface area (Å²) in [6.45, 7) is 1.85. The Hall–Kier alpha value is -4.21. The van der Waals surface area contributed by atoms with E-state index in [-0.39, 0.29) is 23.6 Å². The lowest BCUT2D eigenvalue weighted by molar-refractivity contribution is -0.133. The summed E-state index contributed by atoms with van der Waals surface area (Å²) < 4.78 is 9.33. The molecule has 4 heterocycles. The van der Waals surface area contributed by atoms with Gasteiger partial charge in [-0.1, -0.05) is 29.8 Å². The number of hydrazone groups is 1. The number of imidazole rings is 1. The number of hydrogen-bond acceptors (Lipinski definition) is 6. The Bertz CT molecular complexity index is 1510. The van der Waals surface area contributed by atoms with Crippen LogP contribution in [0.3, 0.4) is 0 Å². The molecule has 0 saturated carbocycles. The van der Waals surface area contributed by atoms with Gasteiger partial charge in [0.05, 0.1) is 18.3 Å². The van der Waals surface area contributed by atoms with Gasteiger partial charge in [-0.05, 0) is 24.6 Å². The average molecular weight is 446 g/mol. The number of amides is 1. The number of aryl methyl sites for hydroxylation is 2. The highest BCUT2D eigenvalue weighted by Crippen LogP contribution is 2.33. The van der Waals surface area contributed by atoms with Crippen LogP contribution in [0.4, 0.5) is 0 Å². The van der Waals surface area contributed by atoms with Crippen LogP contribution in [0.1, 0.15) is 29.3 Å². The first-order valence-electron chi connectivity index (χ1n) is 10.5. The van der Waals surface area contributed by atoms with Gasteiger partial charge in [-0.2, -0.15) is 5.10 Å². The van der Waals surface area contributed by atoms with Crippen molar-refractivity contribution in [2.75, 3.05) is 0 Å². The molecule has 0 saturated heterocycles. The van der Waals surface area contributed by atoms with Gasteiger partial charge in [0.2, 0.25) is 0 Å². The van der Waals surface area contributed by atoms with Gasteiger partial charge >= 0.3 is 5.69 Å². The zero-order valence-electron chi connectivity index (χ0n) is 18.4. The molecule has 3 aromatic heterocycles. The van der Waals surface area contributed by atoms with Gasteiger partial charge in [0.1, 0.15) is 18.3 Å². The molecule has 0 spiro atoms. The largest absolute Gasteiger partial charge is 0.467 e. The average Bonchev–Trinajstić information content (AvgIpc) is 3.56. The van der Waals surface area contributed by atoms with E-state index in [0.717, 1.165) is 21.4 Å². The molecule has 1 amide bonds. The fourth-order valence-corrected chi connectivity index (χ4v) is 4.10. The maximum Gasteiger partial charge on any atom is 0.332 e. The van der Waals surface area contributed by atoms with Crippen LogP contribution in [0.25, 0.3) is 11.2 Å². The SMILES string of the molecule is Cc1ccc(C2=NN(C(=O)Cn3cnc4c3c(=O)n(C)c(=O)n4C)[C@H](c3ccco3)C2)cc1. The molecule has 0 fully saturated rings. The van der Waals surface area contributed by atoms with Crippen molar-refractivity contribution in [1.82, 2.24) is 23.7 Å². The molecule has 5 rings (SSSR count). The van der Waals surface area contributed by atoms with Crippen molar-refractivity contribution in [3.8, 4) is 0 Å². The summed E-state index contributed by atoms with van der Waals surface area (Å²) in [6.07, 6.45) is 3.46. The Balaban J connectivity index is 1.52. The predicted octanol–water partition coefficient (Wildman–Crippen LogP) is 1.71. The van der Waals surface area contributed by atoms with E-state index in [4.69, 9.17) is 4.42 Å². The van der Waals surface area contributed by atoms with Gasteiger partial charge in [-0.15, -0.1) is 0 Å². The van der Waals surface area contributed by atoms with E-state index < -0.39 is 17.3 Å². The van der Waals surface area contributed by atoms with Crippen LogP contribution in [0.2, 0.25) is 0 Å². The molecule has 1 aliphatic heterocycles. The smallest absolute Gasteiger partial charge is 0.332 e. The van der Waals surface area contributed by atoms with Crippen LogP contribution in [-0.2, 0) is 25.4 Å². The van der Waals surface area contributed by atoms with Crippen LogP contribution in [0, 0.1) is 6.92 Å². The van der Waals surface area contributed by atoms with Crippen LogP contribution in [0.5, 0.6) is 0 Å². The van der Waals surface area contributed by atoms with Crippen molar-refractivity contribution in [1.29, 1.82) is 0 Å². The monoisotopic (exact) mass is 446 g/mol. The number of nitrogens with zero attached hydrogens (tertiary/aromatic N) is 6. The standard InChI is InChI=1S/C23H22N6O4/c1-14-6-8-15(9-7-14)16-11-17(18-5-4-10-33-18)29(25-16)19(30)12-28-13-24-21-20(28)22(31)27(3)23(32)26(21)2/h4-10,13,17H,11-12H2,1-3H3/t17-/m0/s1. The van der Waals surface area contributed by atoms with Crippen molar-refractivity contribution < 1.29 is 9.21 Å². The minimum absolute atomic E-state index is 0.161. The Kier molecular flexibility index (Phi) is 4.85. The van der Waals surface area contributed by atoms with Crippen molar-refractivity contribution in [3.05, 3.63) is 86.7 Å². The van der Waals surface area contributed by atoms with Gasteiger partial charge in [0.25, 0.3) is 11.5 Å². The summed E-state index contributed by atoms with van der Waals surface area (Å²) in [5, 5.41) is 6.03. The number of carbonyl (C=O) groups excluding carboxylic acids is 1. The Morgan fingerprint density at radius 3 is 2.58 bits per heavy atom. The normalized spacial score (nSPS) is 15.9. The van der Waals surface area contributed by atoms with Crippen LogP contribution in [0.15, 0.2) is 68.1 Å². The van der Waals surface area contributed by atoms with E-state index in [2.05, 4.69) is 10.1 Å². The van der Waals surface area contributed by atoms with E-state index in [0.29, 0.717) is 12.2 Å². The van der Waals surface area contributed by atoms with E-state index in [9.17, 15) is 14.4 Å². The lowest BCUT2D eigenvalue weighted by atomic mass is 10.0. The Labute approximate surface area is 188 Å². The molecule has 1 aromatic carbocycles. The highest BCUT2D eigenvalue weighted by Gasteiger charge is 2.35. The molecule has 0 bridgehead atoms. The molecule has 0 unspecified atom stereocenters. The van der Waals surface area contributed by atoms with E-state index in [1.165, 1.54) is 34.6 Å². The van der Waals surface area contributed by atoms with E-state index >= 15 is 0 Å². The zero-order valence-corrected chi connectivity index (χ0v) is 18.4. The second kappa shape index (κ2) is 7.73. The molecule has 0 N–H and O–H groups in total. The molecule has 168 valence electrons. The van der Waals surface area contributed by atoms with Gasteiger partial charge < -0.3 is 8.98 Å². The maximum absolute atomic E-state index is 13.4. The predicted molar refractivity (Wildman–Crippen MR) is 121 cm³/mol. The maximum atomic E-state index is 13.4. The molecular weight excluding hydrogens is 424 g/mol. The first-order valence-corrected chi connectivity index (χ1v) is 10.5. The number of rotatable bonds is 4. The minimum Gasteiger partial charge on any atom is -0.467 e. The summed E-state index contributed by atoms with van der Waals surface area (Å²) in [4.78, 5) is 42.5. The zero-order chi connectivity index (χ0) is 23.3. The molecular formula is C23H22N6O4. The second-order valence-electron chi connectivity index (χ2n) is 8.14. The van der Waals surface area contributed by atoms with E-state index in [1.807, 2.05) is 37.3 Å². The summed E-state index contributed by atoms with van der Waals surface area (Å²) in [6, 6.07) is 11.2. The molecule has 10 nitrogen and oxygen atoms in total. The molecule has 0 aliphatic carbocycles. The van der Waals surface area contributed by atoms with Gasteiger partial charge in [0.15, 0.2) is 11.2 Å². The van der Waals surface area contributed by atoms with Crippen LogP contribution >= 0.6 is 0 Å². The topological polar surface area (TPSA) is 108 Å². The second-order valence-corrected chi connectivity index (χ2v) is 8.14. The number of carbonyl (C=O) groups is 1. The van der Waals surface area contributed by atoms with Gasteiger partial charge in [0, 0.05) is 20.5 Å². The fraction of sp³-hybridized carbons (Fsp3) is 0.261. The van der Waals surface area contributed by atoms with E-state index in [1.54, 1.807) is 12.3 Å². The van der Waals surface area contributed by atoms with Crippen LogP contribution in [-0.4, -0.2) is 35.3 Å². The summed E-state index contributed by atoms with van der Waals surface area (Å²) in [5.41, 5.74) is 2.27. The number of benzene rings is 1. The first kappa shape index (κ1) is 20.7. The number of fused-ring (bicyclic) bond motifs is 1. The number of hydrogen-bond donors (Lipinski definition) is 0. The Morgan fingerprint density at radius 2 is 1.88 bits per heavy atom. The van der Waals surface area contributed by atoms with Crippen molar-refractivity contribution in [2.45, 2.75) is 25.9 Å². The molecule has 0 radical (unpaired) electrons. The summed E-state index contributed by atoms with van der Waals surface area (Å²) in [5.74, 6) is 0.303. The first-order chi connectivity index (χ1) is 15.8. The van der Waals surface area contributed by atoms with Crippen molar-refractivity contribution >= 4 is 22.8 Å². The lowest BCUT2D eigenvalue weighted by Gasteiger charge is -2.20. The van der Waals surface area contributed by atoms with Crippen molar-refractivity contribution in [2.24, 2.45) is 19.2 Å².